The number of aliphatic hydroxyl groups excluding tert-OH is 1. The standard InChI is InChI=1S/C17H20OS/c1-12-5-4-6-13(9-12)10-15(18)17-11-14-7-2-3-8-16(14)19-17/h4-6,9,11,15,18H,2-3,7-8,10H2,1H3. The highest BCUT2D eigenvalue weighted by Gasteiger charge is 2.17. The molecule has 19 heavy (non-hydrogen) atoms. The fourth-order valence-corrected chi connectivity index (χ4v) is 4.08. The van der Waals surface area contributed by atoms with Crippen molar-refractivity contribution in [3.8, 4) is 0 Å². The van der Waals surface area contributed by atoms with Crippen molar-refractivity contribution in [2.24, 2.45) is 0 Å². The van der Waals surface area contributed by atoms with Gasteiger partial charge in [0, 0.05) is 16.2 Å². The normalized spacial score (nSPS) is 16.1. The number of hydrogen-bond donors (Lipinski definition) is 1. The topological polar surface area (TPSA) is 20.2 Å². The molecule has 0 saturated heterocycles. The van der Waals surface area contributed by atoms with Crippen LogP contribution in [0.25, 0.3) is 0 Å². The van der Waals surface area contributed by atoms with Crippen LogP contribution in [0.2, 0.25) is 0 Å². The molecule has 0 aliphatic heterocycles. The molecule has 1 atom stereocenters. The van der Waals surface area contributed by atoms with Crippen LogP contribution in [0, 0.1) is 6.92 Å². The zero-order chi connectivity index (χ0) is 13.2. The molecule has 0 spiro atoms. The predicted molar refractivity (Wildman–Crippen MR) is 80.8 cm³/mol. The Balaban J connectivity index is 1.76. The first-order valence-electron chi connectivity index (χ1n) is 7.07. The Morgan fingerprint density at radius 1 is 1.21 bits per heavy atom. The second kappa shape index (κ2) is 5.48. The van der Waals surface area contributed by atoms with Gasteiger partial charge >= 0.3 is 0 Å². The van der Waals surface area contributed by atoms with Crippen molar-refractivity contribution in [1.82, 2.24) is 0 Å². The Bertz CT molecular complexity index is 547. The molecule has 1 heterocycles. The second-order valence-electron chi connectivity index (χ2n) is 5.51. The van der Waals surface area contributed by atoms with Gasteiger partial charge in [0.05, 0.1) is 6.10 Å². The maximum Gasteiger partial charge on any atom is 0.0922 e. The monoisotopic (exact) mass is 272 g/mol. The average molecular weight is 272 g/mol. The average Bonchev–Trinajstić information content (AvgIpc) is 2.82. The molecule has 0 bridgehead atoms. The van der Waals surface area contributed by atoms with Crippen LogP contribution in [0.1, 0.15) is 45.4 Å². The Labute approximate surface area is 118 Å². The summed E-state index contributed by atoms with van der Waals surface area (Å²) in [6.07, 6.45) is 5.39. The van der Waals surface area contributed by atoms with Gasteiger partial charge in [0.25, 0.3) is 0 Å². The van der Waals surface area contributed by atoms with Crippen molar-refractivity contribution >= 4 is 11.3 Å². The van der Waals surface area contributed by atoms with Gasteiger partial charge in [-0.3, -0.25) is 0 Å². The van der Waals surface area contributed by atoms with Crippen LogP contribution in [0.15, 0.2) is 30.3 Å². The summed E-state index contributed by atoms with van der Waals surface area (Å²) in [7, 11) is 0. The minimum atomic E-state index is -0.350. The number of aliphatic hydroxyl groups is 1. The lowest BCUT2D eigenvalue weighted by Gasteiger charge is -2.09. The zero-order valence-corrected chi connectivity index (χ0v) is 12.2. The van der Waals surface area contributed by atoms with Gasteiger partial charge in [-0.05, 0) is 49.8 Å². The summed E-state index contributed by atoms with van der Waals surface area (Å²) in [5.41, 5.74) is 3.96. The molecule has 0 fully saturated rings. The fourth-order valence-electron chi connectivity index (χ4n) is 2.84. The Morgan fingerprint density at radius 2 is 2.05 bits per heavy atom. The lowest BCUT2D eigenvalue weighted by Crippen LogP contribution is -1.99. The molecule has 1 nitrogen and oxygen atoms in total. The van der Waals surface area contributed by atoms with Crippen molar-refractivity contribution in [3.05, 3.63) is 56.8 Å². The molecule has 0 saturated carbocycles. The predicted octanol–water partition coefficient (Wildman–Crippen LogP) is 4.21. The summed E-state index contributed by atoms with van der Waals surface area (Å²) >= 11 is 1.82. The van der Waals surface area contributed by atoms with Crippen molar-refractivity contribution in [2.45, 2.75) is 45.1 Å². The highest BCUT2D eigenvalue weighted by molar-refractivity contribution is 7.12. The maximum absolute atomic E-state index is 10.4. The highest BCUT2D eigenvalue weighted by atomic mass is 32.1. The summed E-state index contributed by atoms with van der Waals surface area (Å²) < 4.78 is 0. The van der Waals surface area contributed by atoms with Crippen molar-refractivity contribution in [2.75, 3.05) is 0 Å². The fraction of sp³-hybridized carbons (Fsp3) is 0.412. The first-order valence-corrected chi connectivity index (χ1v) is 7.89. The molecule has 2 aromatic rings. The zero-order valence-electron chi connectivity index (χ0n) is 11.4. The first kappa shape index (κ1) is 12.9. The quantitative estimate of drug-likeness (QED) is 0.887. The van der Waals surface area contributed by atoms with Gasteiger partial charge in [-0.25, -0.2) is 0 Å². The van der Waals surface area contributed by atoms with E-state index in [1.807, 2.05) is 11.3 Å². The van der Waals surface area contributed by atoms with Crippen LogP contribution in [0.5, 0.6) is 0 Å². The van der Waals surface area contributed by atoms with E-state index in [4.69, 9.17) is 0 Å². The van der Waals surface area contributed by atoms with Gasteiger partial charge in [0.2, 0.25) is 0 Å². The van der Waals surface area contributed by atoms with E-state index in [2.05, 4.69) is 37.3 Å². The van der Waals surface area contributed by atoms with Crippen molar-refractivity contribution < 1.29 is 5.11 Å². The van der Waals surface area contributed by atoms with Gasteiger partial charge < -0.3 is 5.11 Å². The largest absolute Gasteiger partial charge is 0.387 e. The van der Waals surface area contributed by atoms with Crippen LogP contribution in [-0.2, 0) is 19.3 Å². The van der Waals surface area contributed by atoms with Crippen molar-refractivity contribution in [1.29, 1.82) is 0 Å². The number of benzene rings is 1. The summed E-state index contributed by atoms with van der Waals surface area (Å²) in [6, 6.07) is 10.7. The summed E-state index contributed by atoms with van der Waals surface area (Å²) in [4.78, 5) is 2.65. The molecule has 3 rings (SSSR count). The molecule has 0 amide bonds. The van der Waals surface area contributed by atoms with Gasteiger partial charge in [0.1, 0.15) is 0 Å². The molecular weight excluding hydrogens is 252 g/mol. The third kappa shape index (κ3) is 2.90. The molecule has 2 heteroatoms. The van der Waals surface area contributed by atoms with Gasteiger partial charge in [-0.2, -0.15) is 0 Å². The van der Waals surface area contributed by atoms with E-state index < -0.39 is 0 Å². The van der Waals surface area contributed by atoms with E-state index in [9.17, 15) is 5.11 Å². The van der Waals surface area contributed by atoms with Crippen LogP contribution >= 0.6 is 11.3 Å². The number of thiophene rings is 1. The summed E-state index contributed by atoms with van der Waals surface area (Å²) in [5.74, 6) is 0. The minimum Gasteiger partial charge on any atom is -0.387 e. The number of aryl methyl sites for hydroxylation is 3. The van der Waals surface area contributed by atoms with Crippen LogP contribution in [0.4, 0.5) is 0 Å². The molecule has 1 N–H and O–H groups in total. The van der Waals surface area contributed by atoms with Crippen LogP contribution < -0.4 is 0 Å². The lowest BCUT2D eigenvalue weighted by atomic mass is 9.98. The summed E-state index contributed by atoms with van der Waals surface area (Å²) in [5, 5.41) is 10.4. The molecule has 100 valence electrons. The first-order chi connectivity index (χ1) is 9.22. The Kier molecular flexibility index (Phi) is 3.72. The number of hydrogen-bond acceptors (Lipinski definition) is 2. The van der Waals surface area contributed by atoms with E-state index in [0.29, 0.717) is 0 Å². The van der Waals surface area contributed by atoms with Gasteiger partial charge in [-0.1, -0.05) is 29.8 Å². The van der Waals surface area contributed by atoms with E-state index in [-0.39, 0.29) is 6.10 Å². The summed E-state index contributed by atoms with van der Waals surface area (Å²) in [6.45, 7) is 2.10. The van der Waals surface area contributed by atoms with Crippen LogP contribution in [-0.4, -0.2) is 5.11 Å². The third-order valence-electron chi connectivity index (χ3n) is 3.86. The number of fused-ring (bicyclic) bond motifs is 1. The van der Waals surface area contributed by atoms with Crippen LogP contribution in [0.3, 0.4) is 0 Å². The molecular formula is C17H20OS. The molecule has 1 aromatic heterocycles. The SMILES string of the molecule is Cc1cccc(CC(O)c2cc3c(s2)CCCC3)c1. The molecule has 0 radical (unpaired) electrons. The van der Waals surface area contributed by atoms with Gasteiger partial charge in [-0.15, -0.1) is 11.3 Å². The smallest absolute Gasteiger partial charge is 0.0922 e. The van der Waals surface area contributed by atoms with E-state index in [1.54, 1.807) is 0 Å². The lowest BCUT2D eigenvalue weighted by molar-refractivity contribution is 0.182. The molecule has 1 aliphatic carbocycles. The van der Waals surface area contributed by atoms with E-state index in [1.165, 1.54) is 47.3 Å². The molecule has 1 aromatic carbocycles. The number of rotatable bonds is 3. The van der Waals surface area contributed by atoms with Crippen molar-refractivity contribution in [3.63, 3.8) is 0 Å². The van der Waals surface area contributed by atoms with E-state index >= 15 is 0 Å². The molecule has 1 unspecified atom stereocenters. The maximum atomic E-state index is 10.4. The minimum absolute atomic E-state index is 0.350. The third-order valence-corrected chi connectivity index (χ3v) is 5.19. The Hall–Kier alpha value is -1.12. The van der Waals surface area contributed by atoms with Gasteiger partial charge in [0.15, 0.2) is 0 Å². The molecule has 1 aliphatic rings. The highest BCUT2D eigenvalue weighted by Crippen LogP contribution is 2.34. The second-order valence-corrected chi connectivity index (χ2v) is 6.68. The Morgan fingerprint density at radius 3 is 2.84 bits per heavy atom. The van der Waals surface area contributed by atoms with E-state index in [0.717, 1.165) is 11.3 Å².